The average Bonchev–Trinajstić information content (AvgIpc) is 2.92. The number of halogens is 3. The van der Waals surface area contributed by atoms with Crippen molar-refractivity contribution in [3.63, 3.8) is 0 Å². The van der Waals surface area contributed by atoms with Crippen LogP contribution in [0.15, 0.2) is 42.5 Å². The van der Waals surface area contributed by atoms with Gasteiger partial charge in [0.25, 0.3) is 11.6 Å². The molecular formula is C26H29F3N6O6. The summed E-state index contributed by atoms with van der Waals surface area (Å²) in [4.78, 5) is 43.1. The third kappa shape index (κ3) is 8.40. The van der Waals surface area contributed by atoms with Crippen molar-refractivity contribution in [3.8, 4) is 5.75 Å². The normalized spacial score (nSPS) is 16.7. The number of hydrogen-bond donors (Lipinski definition) is 4. The van der Waals surface area contributed by atoms with Crippen molar-refractivity contribution in [1.29, 1.82) is 0 Å². The minimum Gasteiger partial charge on any atom is -0.507 e. The Morgan fingerprint density at radius 3 is 2.32 bits per heavy atom. The molecule has 0 bridgehead atoms. The minimum absolute atomic E-state index is 0.0882. The number of amides is 1. The number of nitrogens with one attached hydrogen (secondary N) is 2. The second-order valence-corrected chi connectivity index (χ2v) is 9.62. The summed E-state index contributed by atoms with van der Waals surface area (Å²) in [5.41, 5.74) is 0.571. The fourth-order valence-corrected chi connectivity index (χ4v) is 4.31. The molecule has 0 unspecified atom stereocenters. The van der Waals surface area contributed by atoms with Crippen LogP contribution < -0.4 is 15.5 Å². The molecule has 220 valence electrons. The summed E-state index contributed by atoms with van der Waals surface area (Å²) in [6.45, 7) is 0.449. The van der Waals surface area contributed by atoms with Crippen molar-refractivity contribution < 1.29 is 37.9 Å². The van der Waals surface area contributed by atoms with E-state index in [0.29, 0.717) is 12.5 Å². The van der Waals surface area contributed by atoms with Crippen LogP contribution in [0.5, 0.6) is 5.75 Å². The highest BCUT2D eigenvalue weighted by molar-refractivity contribution is 5.97. The van der Waals surface area contributed by atoms with E-state index in [0.717, 1.165) is 48.5 Å². The van der Waals surface area contributed by atoms with Crippen LogP contribution in [0.1, 0.15) is 36.0 Å². The number of alkyl halides is 3. The molecule has 0 radical (unpaired) electrons. The maximum Gasteiger partial charge on any atom is 0.490 e. The third-order valence-electron chi connectivity index (χ3n) is 6.42. The molecule has 1 heterocycles. The Morgan fingerprint density at radius 1 is 1.10 bits per heavy atom. The topological polar surface area (TPSA) is 171 Å². The van der Waals surface area contributed by atoms with Crippen molar-refractivity contribution >= 4 is 40.2 Å². The number of aromatic hydroxyl groups is 1. The monoisotopic (exact) mass is 578 g/mol. The molecule has 1 amide bonds. The number of fused-ring (bicyclic) bond motifs is 1. The van der Waals surface area contributed by atoms with Crippen LogP contribution >= 0.6 is 0 Å². The Hall–Kier alpha value is -4.69. The summed E-state index contributed by atoms with van der Waals surface area (Å²) >= 11 is 0. The summed E-state index contributed by atoms with van der Waals surface area (Å²) in [6.07, 6.45) is -1.44. The van der Waals surface area contributed by atoms with E-state index < -0.39 is 23.0 Å². The smallest absolute Gasteiger partial charge is 0.490 e. The van der Waals surface area contributed by atoms with E-state index >= 15 is 0 Å². The number of phenols is 1. The number of aromatic nitrogens is 2. The van der Waals surface area contributed by atoms with Gasteiger partial charge in [-0.2, -0.15) is 18.2 Å². The molecule has 1 saturated carbocycles. The molecule has 1 aliphatic carbocycles. The molecule has 1 fully saturated rings. The third-order valence-corrected chi connectivity index (χ3v) is 6.42. The Kier molecular flexibility index (Phi) is 9.86. The minimum atomic E-state index is -5.08. The van der Waals surface area contributed by atoms with E-state index in [1.807, 2.05) is 43.3 Å². The maximum absolute atomic E-state index is 12.5. The first-order valence-corrected chi connectivity index (χ1v) is 12.5. The van der Waals surface area contributed by atoms with Gasteiger partial charge in [-0.05, 0) is 49.8 Å². The molecule has 1 aromatic heterocycles. The second-order valence-electron chi connectivity index (χ2n) is 9.62. The van der Waals surface area contributed by atoms with Crippen LogP contribution in [0.3, 0.4) is 0 Å². The first-order valence-electron chi connectivity index (χ1n) is 12.5. The number of carboxylic acids is 1. The lowest BCUT2D eigenvalue weighted by Gasteiger charge is -2.29. The van der Waals surface area contributed by atoms with E-state index in [-0.39, 0.29) is 29.0 Å². The number of anilines is 2. The lowest BCUT2D eigenvalue weighted by atomic mass is 9.86. The number of nitro groups is 1. The van der Waals surface area contributed by atoms with Gasteiger partial charge < -0.3 is 25.7 Å². The molecule has 12 nitrogen and oxygen atoms in total. The lowest BCUT2D eigenvalue weighted by Crippen LogP contribution is -2.34. The van der Waals surface area contributed by atoms with Crippen LogP contribution in [-0.4, -0.2) is 69.8 Å². The average molecular weight is 579 g/mol. The number of phenolic OH excluding ortho intramolecular Hbond substituents is 1. The largest absolute Gasteiger partial charge is 0.507 e. The van der Waals surface area contributed by atoms with E-state index in [1.54, 1.807) is 0 Å². The van der Waals surface area contributed by atoms with Crippen molar-refractivity contribution in [1.82, 2.24) is 15.3 Å². The molecule has 2 aromatic carbocycles. The number of rotatable bonds is 7. The van der Waals surface area contributed by atoms with E-state index in [4.69, 9.17) is 14.9 Å². The predicted octanol–water partition coefficient (Wildman–Crippen LogP) is 4.34. The van der Waals surface area contributed by atoms with Crippen molar-refractivity contribution in [2.45, 2.75) is 37.9 Å². The first-order chi connectivity index (χ1) is 19.3. The first kappa shape index (κ1) is 30.8. The van der Waals surface area contributed by atoms with E-state index in [2.05, 4.69) is 15.6 Å². The van der Waals surface area contributed by atoms with Gasteiger partial charge in [-0.1, -0.05) is 12.1 Å². The van der Waals surface area contributed by atoms with Crippen LogP contribution in [0.25, 0.3) is 10.9 Å². The summed E-state index contributed by atoms with van der Waals surface area (Å²) in [7, 11) is 3.93. The van der Waals surface area contributed by atoms with Crippen molar-refractivity contribution in [3.05, 3.63) is 58.1 Å². The molecule has 4 rings (SSSR count). The van der Waals surface area contributed by atoms with Gasteiger partial charge in [-0.25, -0.2) is 9.78 Å². The zero-order valence-electron chi connectivity index (χ0n) is 22.2. The van der Waals surface area contributed by atoms with Crippen LogP contribution in [0.2, 0.25) is 0 Å². The molecule has 0 atom stereocenters. The number of hydrogen-bond acceptors (Lipinski definition) is 9. The number of para-hydroxylation sites is 1. The molecule has 4 N–H and O–H groups in total. The molecule has 0 aliphatic heterocycles. The summed E-state index contributed by atoms with van der Waals surface area (Å²) in [5, 5.41) is 35.3. The quantitative estimate of drug-likeness (QED) is 0.233. The van der Waals surface area contributed by atoms with Gasteiger partial charge in [0, 0.05) is 44.2 Å². The maximum atomic E-state index is 12.5. The predicted molar refractivity (Wildman–Crippen MR) is 144 cm³/mol. The molecule has 0 saturated heterocycles. The highest BCUT2D eigenvalue weighted by Gasteiger charge is 2.38. The van der Waals surface area contributed by atoms with Crippen LogP contribution in [-0.2, 0) is 4.79 Å². The lowest BCUT2D eigenvalue weighted by molar-refractivity contribution is -0.384. The number of nitro benzene ring substituents is 1. The van der Waals surface area contributed by atoms with Crippen LogP contribution in [0, 0.1) is 16.0 Å². The van der Waals surface area contributed by atoms with Gasteiger partial charge in [-0.15, -0.1) is 0 Å². The molecule has 1 aliphatic rings. The van der Waals surface area contributed by atoms with Gasteiger partial charge >= 0.3 is 12.1 Å². The summed E-state index contributed by atoms with van der Waals surface area (Å²) < 4.78 is 31.7. The zero-order chi connectivity index (χ0) is 30.3. The molecule has 41 heavy (non-hydrogen) atoms. The Balaban J connectivity index is 0.000000587. The van der Waals surface area contributed by atoms with E-state index in [9.17, 15) is 33.2 Å². The van der Waals surface area contributed by atoms with Gasteiger partial charge in [-0.3, -0.25) is 14.9 Å². The number of carboxylic acid groups (broad SMARTS) is 1. The highest BCUT2D eigenvalue weighted by Crippen LogP contribution is 2.29. The SMILES string of the molecule is CN(C)c1nc(NC2CCC(CNC(=O)c3cc([N+](=O)[O-])ccc3O)CC2)nc2ccccc12.O=C(O)C(F)(F)F. The molecule has 0 spiro atoms. The Labute approximate surface area is 232 Å². The molecule has 3 aromatic rings. The van der Waals surface area contributed by atoms with Crippen LogP contribution in [0.4, 0.5) is 30.6 Å². The fraction of sp³-hybridized carbons (Fsp3) is 0.385. The van der Waals surface area contributed by atoms with Gasteiger partial charge in [0.15, 0.2) is 0 Å². The van der Waals surface area contributed by atoms with Gasteiger partial charge in [0.05, 0.1) is 16.0 Å². The van der Waals surface area contributed by atoms with E-state index in [1.165, 1.54) is 12.1 Å². The highest BCUT2D eigenvalue weighted by atomic mass is 19.4. The van der Waals surface area contributed by atoms with Gasteiger partial charge in [0.1, 0.15) is 11.6 Å². The van der Waals surface area contributed by atoms with Gasteiger partial charge in [0.2, 0.25) is 5.95 Å². The number of carbonyl (C=O) groups is 2. The standard InChI is InChI=1S/C24H28N6O4.C2HF3O2/c1-29(2)22-18-5-3-4-6-20(18)27-24(28-22)26-16-9-7-15(8-10-16)14-25-23(32)19-13-17(30(33)34)11-12-21(19)31;3-2(4,5)1(6)7/h3-6,11-13,15-16,31H,7-10,14H2,1-2H3,(H,25,32)(H,26,27,28);(H,6,7). The zero-order valence-corrected chi connectivity index (χ0v) is 22.2. The number of aliphatic carboxylic acids is 1. The van der Waals surface area contributed by atoms with Crippen molar-refractivity contribution in [2.24, 2.45) is 5.92 Å². The molecule has 15 heteroatoms. The molecular weight excluding hydrogens is 549 g/mol. The Bertz CT molecular complexity index is 1410. The number of carbonyl (C=O) groups excluding carboxylic acids is 1. The van der Waals surface area contributed by atoms with Crippen molar-refractivity contribution in [2.75, 3.05) is 30.9 Å². The summed E-state index contributed by atoms with van der Waals surface area (Å²) in [5.74, 6) is -1.77. The fourth-order valence-electron chi connectivity index (χ4n) is 4.31. The number of nitrogens with zero attached hydrogens (tertiary/aromatic N) is 4. The Morgan fingerprint density at radius 2 is 1.73 bits per heavy atom. The second kappa shape index (κ2) is 13.1. The summed E-state index contributed by atoms with van der Waals surface area (Å²) in [6, 6.07) is 11.6. The number of non-ortho nitro benzene ring substituents is 1. The number of benzene rings is 2.